The van der Waals surface area contributed by atoms with Crippen molar-refractivity contribution < 1.29 is 8.42 Å². The van der Waals surface area contributed by atoms with Crippen molar-refractivity contribution in [2.24, 2.45) is 5.92 Å². The molecular formula is C14H21NO2S. The second-order valence-corrected chi connectivity index (χ2v) is 7.14. The average Bonchev–Trinajstić information content (AvgIpc) is 3.12. The molecule has 0 aromatic heterocycles. The van der Waals surface area contributed by atoms with Crippen molar-refractivity contribution in [1.29, 1.82) is 0 Å². The number of hydrogen-bond acceptors (Lipinski definition) is 3. The Morgan fingerprint density at radius 3 is 2.33 bits per heavy atom. The van der Waals surface area contributed by atoms with Gasteiger partial charge in [-0.05, 0) is 49.4 Å². The van der Waals surface area contributed by atoms with Crippen molar-refractivity contribution in [3.8, 4) is 0 Å². The van der Waals surface area contributed by atoms with E-state index in [0.717, 1.165) is 18.9 Å². The van der Waals surface area contributed by atoms with Gasteiger partial charge in [-0.25, -0.2) is 8.42 Å². The zero-order valence-electron chi connectivity index (χ0n) is 11.0. The van der Waals surface area contributed by atoms with E-state index < -0.39 is 9.84 Å². The predicted octanol–water partition coefficient (Wildman–Crippen LogP) is 2.02. The van der Waals surface area contributed by atoms with E-state index in [0.29, 0.717) is 10.9 Å². The van der Waals surface area contributed by atoms with Crippen molar-refractivity contribution in [3.63, 3.8) is 0 Å². The zero-order valence-corrected chi connectivity index (χ0v) is 11.8. The molecule has 1 aromatic rings. The van der Waals surface area contributed by atoms with Gasteiger partial charge in [-0.15, -0.1) is 0 Å². The third-order valence-electron chi connectivity index (χ3n) is 3.46. The molecule has 100 valence electrons. The fourth-order valence-electron chi connectivity index (χ4n) is 2.29. The maximum absolute atomic E-state index is 11.4. The number of nitrogens with one attached hydrogen (secondary N) is 1. The number of benzene rings is 1. The molecule has 0 radical (unpaired) electrons. The first-order valence-electron chi connectivity index (χ1n) is 6.53. The van der Waals surface area contributed by atoms with E-state index in [1.807, 2.05) is 12.1 Å². The minimum absolute atomic E-state index is 0.401. The topological polar surface area (TPSA) is 46.2 Å². The van der Waals surface area contributed by atoms with Gasteiger partial charge in [0, 0.05) is 12.3 Å². The predicted molar refractivity (Wildman–Crippen MR) is 73.4 cm³/mol. The molecule has 0 bridgehead atoms. The Hall–Kier alpha value is -0.870. The highest BCUT2D eigenvalue weighted by Crippen LogP contribution is 2.34. The summed E-state index contributed by atoms with van der Waals surface area (Å²) in [4.78, 5) is 0.401. The molecule has 1 aliphatic carbocycles. The maximum atomic E-state index is 11.4. The third kappa shape index (κ3) is 3.56. The Balaban J connectivity index is 2.05. The summed E-state index contributed by atoms with van der Waals surface area (Å²) < 4.78 is 22.7. The SMILES string of the molecule is CCNC(Cc1ccc(S(C)(=O)=O)cc1)C1CC1. The molecule has 4 heteroatoms. The lowest BCUT2D eigenvalue weighted by atomic mass is 10.0. The fraction of sp³-hybridized carbons (Fsp3) is 0.571. The molecule has 18 heavy (non-hydrogen) atoms. The van der Waals surface area contributed by atoms with E-state index in [1.165, 1.54) is 24.7 Å². The summed E-state index contributed by atoms with van der Waals surface area (Å²) in [6, 6.07) is 7.83. The molecule has 2 rings (SSSR count). The summed E-state index contributed by atoms with van der Waals surface area (Å²) in [6.07, 6.45) is 4.87. The summed E-state index contributed by atoms with van der Waals surface area (Å²) >= 11 is 0. The molecule has 1 fully saturated rings. The van der Waals surface area contributed by atoms with E-state index >= 15 is 0 Å². The molecule has 0 saturated heterocycles. The van der Waals surface area contributed by atoms with E-state index in [-0.39, 0.29) is 0 Å². The first-order chi connectivity index (χ1) is 8.50. The lowest BCUT2D eigenvalue weighted by molar-refractivity contribution is 0.472. The number of likely N-dealkylation sites (N-methyl/N-ethyl adjacent to an activating group) is 1. The summed E-state index contributed by atoms with van der Waals surface area (Å²) in [5.74, 6) is 0.805. The Morgan fingerprint density at radius 2 is 1.89 bits per heavy atom. The van der Waals surface area contributed by atoms with Gasteiger partial charge >= 0.3 is 0 Å². The van der Waals surface area contributed by atoms with Crippen LogP contribution in [0.15, 0.2) is 29.2 Å². The Bertz CT molecular complexity index is 489. The molecule has 0 aliphatic heterocycles. The van der Waals surface area contributed by atoms with Gasteiger partial charge in [-0.1, -0.05) is 19.1 Å². The van der Waals surface area contributed by atoms with E-state index in [1.54, 1.807) is 12.1 Å². The van der Waals surface area contributed by atoms with Gasteiger partial charge in [-0.2, -0.15) is 0 Å². The average molecular weight is 267 g/mol. The van der Waals surface area contributed by atoms with Crippen LogP contribution in [0.2, 0.25) is 0 Å². The molecule has 1 N–H and O–H groups in total. The Morgan fingerprint density at radius 1 is 1.28 bits per heavy atom. The normalized spacial score (nSPS) is 17.7. The highest BCUT2D eigenvalue weighted by molar-refractivity contribution is 7.90. The molecule has 0 heterocycles. The summed E-state index contributed by atoms with van der Waals surface area (Å²) in [7, 11) is -3.08. The van der Waals surface area contributed by atoms with Crippen LogP contribution < -0.4 is 5.32 Å². The van der Waals surface area contributed by atoms with Crippen LogP contribution in [0, 0.1) is 5.92 Å². The molecule has 1 atom stereocenters. The largest absolute Gasteiger partial charge is 0.314 e. The standard InChI is InChI=1S/C14H21NO2S/c1-3-15-14(12-6-7-12)10-11-4-8-13(9-5-11)18(2,16)17/h4-5,8-9,12,14-15H,3,6-7,10H2,1-2H3. The molecule has 0 amide bonds. The maximum Gasteiger partial charge on any atom is 0.175 e. The van der Waals surface area contributed by atoms with Crippen LogP contribution in [0.5, 0.6) is 0 Å². The minimum atomic E-state index is -3.08. The van der Waals surface area contributed by atoms with Gasteiger partial charge in [0.05, 0.1) is 4.90 Å². The monoisotopic (exact) mass is 267 g/mol. The quantitative estimate of drug-likeness (QED) is 0.857. The van der Waals surface area contributed by atoms with Gasteiger partial charge in [0.25, 0.3) is 0 Å². The lowest BCUT2D eigenvalue weighted by Gasteiger charge is -2.17. The van der Waals surface area contributed by atoms with Gasteiger partial charge in [0.15, 0.2) is 9.84 Å². The molecule has 0 spiro atoms. The van der Waals surface area contributed by atoms with Crippen LogP contribution in [0.4, 0.5) is 0 Å². The highest BCUT2D eigenvalue weighted by Gasteiger charge is 2.30. The summed E-state index contributed by atoms with van der Waals surface area (Å²) in [5.41, 5.74) is 1.21. The lowest BCUT2D eigenvalue weighted by Crippen LogP contribution is -2.32. The van der Waals surface area contributed by atoms with Crippen LogP contribution in [0.3, 0.4) is 0 Å². The molecule has 1 aliphatic rings. The Labute approximate surface area is 110 Å². The highest BCUT2D eigenvalue weighted by atomic mass is 32.2. The number of hydrogen-bond donors (Lipinski definition) is 1. The number of rotatable bonds is 6. The molecule has 1 saturated carbocycles. The summed E-state index contributed by atoms with van der Waals surface area (Å²) in [6.45, 7) is 3.12. The molecule has 1 aromatic carbocycles. The second kappa shape index (κ2) is 5.41. The first kappa shape index (κ1) is 13.6. The molecular weight excluding hydrogens is 246 g/mol. The fourth-order valence-corrected chi connectivity index (χ4v) is 2.92. The van der Waals surface area contributed by atoms with Gasteiger partial charge in [0.1, 0.15) is 0 Å². The second-order valence-electron chi connectivity index (χ2n) is 5.12. The van der Waals surface area contributed by atoms with Crippen molar-refractivity contribution in [2.75, 3.05) is 12.8 Å². The Kier molecular flexibility index (Phi) is 4.07. The molecule has 3 nitrogen and oxygen atoms in total. The summed E-state index contributed by atoms with van der Waals surface area (Å²) in [5, 5.41) is 3.52. The first-order valence-corrected chi connectivity index (χ1v) is 8.42. The van der Waals surface area contributed by atoms with Crippen molar-refractivity contribution in [1.82, 2.24) is 5.32 Å². The van der Waals surface area contributed by atoms with Crippen LogP contribution in [-0.2, 0) is 16.3 Å². The molecule has 1 unspecified atom stereocenters. The third-order valence-corrected chi connectivity index (χ3v) is 4.59. The van der Waals surface area contributed by atoms with E-state index in [4.69, 9.17) is 0 Å². The van der Waals surface area contributed by atoms with Crippen molar-refractivity contribution in [2.45, 2.75) is 37.1 Å². The van der Waals surface area contributed by atoms with Crippen LogP contribution >= 0.6 is 0 Å². The minimum Gasteiger partial charge on any atom is -0.314 e. The zero-order chi connectivity index (χ0) is 13.2. The van der Waals surface area contributed by atoms with E-state index in [9.17, 15) is 8.42 Å². The van der Waals surface area contributed by atoms with Crippen LogP contribution in [0.25, 0.3) is 0 Å². The number of sulfone groups is 1. The van der Waals surface area contributed by atoms with Gasteiger partial charge < -0.3 is 5.32 Å². The van der Waals surface area contributed by atoms with Crippen LogP contribution in [0.1, 0.15) is 25.3 Å². The van der Waals surface area contributed by atoms with Gasteiger partial charge in [0.2, 0.25) is 0 Å². The van der Waals surface area contributed by atoms with E-state index in [2.05, 4.69) is 12.2 Å². The van der Waals surface area contributed by atoms with Crippen LogP contribution in [-0.4, -0.2) is 27.3 Å². The smallest absolute Gasteiger partial charge is 0.175 e. The van der Waals surface area contributed by atoms with Crippen molar-refractivity contribution >= 4 is 9.84 Å². The van der Waals surface area contributed by atoms with Gasteiger partial charge in [-0.3, -0.25) is 0 Å². The van der Waals surface area contributed by atoms with Crippen molar-refractivity contribution in [3.05, 3.63) is 29.8 Å².